The largest absolute Gasteiger partial charge is 0.479 e. The van der Waals surface area contributed by atoms with E-state index in [2.05, 4.69) is 0 Å². The van der Waals surface area contributed by atoms with Crippen molar-refractivity contribution in [2.75, 3.05) is 6.54 Å². The van der Waals surface area contributed by atoms with E-state index in [1.54, 1.807) is 13.8 Å². The SMILES string of the molecule is CCC(Oc1ccc(S(=O)(=O)N2Cc3cc(-c4ccc(C(F)(F)F)cc4)ccc3C(C)C2)cc1C)C(=O)O. The number of hydrogen-bond acceptors (Lipinski definition) is 4. The summed E-state index contributed by atoms with van der Waals surface area (Å²) in [4.78, 5) is 11.4. The Hall–Kier alpha value is -3.37. The molecule has 0 aliphatic carbocycles. The number of fused-ring (bicyclic) bond motifs is 1. The van der Waals surface area contributed by atoms with Crippen molar-refractivity contribution in [1.29, 1.82) is 0 Å². The van der Waals surface area contributed by atoms with Gasteiger partial charge in [0.25, 0.3) is 0 Å². The highest BCUT2D eigenvalue weighted by atomic mass is 32.2. The molecule has 1 aliphatic rings. The van der Waals surface area contributed by atoms with Crippen LogP contribution in [0.25, 0.3) is 11.1 Å². The van der Waals surface area contributed by atoms with Crippen LogP contribution < -0.4 is 4.74 Å². The molecule has 38 heavy (non-hydrogen) atoms. The van der Waals surface area contributed by atoms with Crippen LogP contribution in [0.5, 0.6) is 5.75 Å². The number of aliphatic carboxylic acids is 1. The zero-order valence-corrected chi connectivity index (χ0v) is 21.9. The number of alkyl halides is 3. The van der Waals surface area contributed by atoms with Gasteiger partial charge in [0.05, 0.1) is 10.5 Å². The molecule has 2 atom stereocenters. The van der Waals surface area contributed by atoms with E-state index < -0.39 is 33.8 Å². The summed E-state index contributed by atoms with van der Waals surface area (Å²) in [6.07, 6.45) is -5.20. The average Bonchev–Trinajstić information content (AvgIpc) is 2.86. The molecule has 3 aromatic rings. The fourth-order valence-electron chi connectivity index (χ4n) is 4.62. The van der Waals surface area contributed by atoms with Gasteiger partial charge in [0.1, 0.15) is 5.75 Å². The number of halogens is 3. The third kappa shape index (κ3) is 5.56. The zero-order chi connectivity index (χ0) is 27.8. The van der Waals surface area contributed by atoms with Crippen LogP contribution in [0.2, 0.25) is 0 Å². The molecule has 1 N–H and O–H groups in total. The topological polar surface area (TPSA) is 83.9 Å². The number of nitrogens with zero attached hydrogens (tertiary/aromatic N) is 1. The van der Waals surface area contributed by atoms with Crippen LogP contribution in [0.3, 0.4) is 0 Å². The molecule has 0 fully saturated rings. The van der Waals surface area contributed by atoms with Gasteiger partial charge in [0.15, 0.2) is 6.10 Å². The molecule has 3 aromatic carbocycles. The summed E-state index contributed by atoms with van der Waals surface area (Å²) in [7, 11) is -3.89. The molecule has 2 unspecified atom stereocenters. The highest BCUT2D eigenvalue weighted by molar-refractivity contribution is 7.89. The highest BCUT2D eigenvalue weighted by Crippen LogP contribution is 2.36. The molecule has 1 heterocycles. The predicted octanol–water partition coefficient (Wildman–Crippen LogP) is 6.23. The molecular weight excluding hydrogens is 519 g/mol. The Bertz CT molecular complexity index is 1450. The monoisotopic (exact) mass is 547 g/mol. The van der Waals surface area contributed by atoms with Crippen molar-refractivity contribution in [3.05, 3.63) is 82.9 Å². The fourth-order valence-corrected chi connectivity index (χ4v) is 6.21. The lowest BCUT2D eigenvalue weighted by molar-refractivity contribution is -0.145. The van der Waals surface area contributed by atoms with E-state index in [1.165, 1.54) is 34.6 Å². The third-order valence-corrected chi connectivity index (χ3v) is 8.55. The van der Waals surface area contributed by atoms with Crippen molar-refractivity contribution in [2.45, 2.75) is 56.8 Å². The molecule has 0 saturated carbocycles. The molecule has 0 amide bonds. The van der Waals surface area contributed by atoms with E-state index in [1.807, 2.05) is 25.1 Å². The van der Waals surface area contributed by atoms with Crippen LogP contribution in [0.15, 0.2) is 65.6 Å². The summed E-state index contributed by atoms with van der Waals surface area (Å²) in [5.41, 5.74) is 2.85. The first kappa shape index (κ1) is 27.7. The lowest BCUT2D eigenvalue weighted by Crippen LogP contribution is -2.37. The lowest BCUT2D eigenvalue weighted by Gasteiger charge is -2.33. The van der Waals surface area contributed by atoms with Crippen LogP contribution in [-0.2, 0) is 27.5 Å². The van der Waals surface area contributed by atoms with Crippen LogP contribution in [0, 0.1) is 6.92 Å². The smallest absolute Gasteiger partial charge is 0.416 e. The van der Waals surface area contributed by atoms with Crippen molar-refractivity contribution >= 4 is 16.0 Å². The second-order valence-corrected chi connectivity index (χ2v) is 11.4. The predicted molar refractivity (Wildman–Crippen MR) is 136 cm³/mol. The summed E-state index contributed by atoms with van der Waals surface area (Å²) in [6, 6.07) is 14.8. The molecule has 202 valence electrons. The van der Waals surface area contributed by atoms with Crippen molar-refractivity contribution < 1.29 is 36.2 Å². The van der Waals surface area contributed by atoms with Gasteiger partial charge in [-0.1, -0.05) is 38.1 Å². The van der Waals surface area contributed by atoms with Gasteiger partial charge in [-0.25, -0.2) is 13.2 Å². The van der Waals surface area contributed by atoms with Gasteiger partial charge in [0, 0.05) is 13.1 Å². The minimum absolute atomic E-state index is 0.0697. The summed E-state index contributed by atoms with van der Waals surface area (Å²) in [5, 5.41) is 9.25. The van der Waals surface area contributed by atoms with E-state index in [0.29, 0.717) is 22.4 Å². The lowest BCUT2D eigenvalue weighted by atomic mass is 9.89. The quantitative estimate of drug-likeness (QED) is 0.379. The molecule has 0 saturated heterocycles. The van der Waals surface area contributed by atoms with Gasteiger partial charge in [0.2, 0.25) is 10.0 Å². The maximum Gasteiger partial charge on any atom is 0.416 e. The minimum atomic E-state index is -4.42. The molecule has 4 rings (SSSR count). The molecule has 1 aliphatic heterocycles. The zero-order valence-electron chi connectivity index (χ0n) is 21.1. The number of rotatable bonds is 7. The fraction of sp³-hybridized carbons (Fsp3) is 0.321. The maximum absolute atomic E-state index is 13.6. The minimum Gasteiger partial charge on any atom is -0.479 e. The molecule has 0 aromatic heterocycles. The highest BCUT2D eigenvalue weighted by Gasteiger charge is 2.33. The Morgan fingerprint density at radius 3 is 2.32 bits per heavy atom. The van der Waals surface area contributed by atoms with E-state index >= 15 is 0 Å². The van der Waals surface area contributed by atoms with Crippen molar-refractivity contribution in [2.24, 2.45) is 0 Å². The van der Waals surface area contributed by atoms with Crippen molar-refractivity contribution in [3.63, 3.8) is 0 Å². The number of ether oxygens (including phenoxy) is 1. The van der Waals surface area contributed by atoms with E-state index in [0.717, 1.165) is 23.3 Å². The molecular formula is C28H28F3NO5S. The number of carboxylic acids is 1. The number of aryl methyl sites for hydroxylation is 1. The van der Waals surface area contributed by atoms with Crippen molar-refractivity contribution in [3.8, 4) is 16.9 Å². The first-order chi connectivity index (χ1) is 17.8. The first-order valence-corrected chi connectivity index (χ1v) is 13.6. The van der Waals surface area contributed by atoms with Gasteiger partial charge in [-0.3, -0.25) is 0 Å². The number of carboxylic acid groups (broad SMARTS) is 1. The van der Waals surface area contributed by atoms with Gasteiger partial charge in [-0.2, -0.15) is 17.5 Å². The summed E-state index contributed by atoms with van der Waals surface area (Å²) < 4.78 is 72.9. The number of carbonyl (C=O) groups is 1. The molecule has 0 bridgehead atoms. The Kier molecular flexibility index (Phi) is 7.58. The summed E-state index contributed by atoms with van der Waals surface area (Å²) >= 11 is 0. The number of hydrogen-bond donors (Lipinski definition) is 1. The Morgan fingerprint density at radius 2 is 1.74 bits per heavy atom. The van der Waals surface area contributed by atoms with Crippen LogP contribution in [0.1, 0.15) is 48.4 Å². The first-order valence-electron chi connectivity index (χ1n) is 12.1. The Morgan fingerprint density at radius 1 is 1.08 bits per heavy atom. The van der Waals surface area contributed by atoms with Gasteiger partial charge in [-0.15, -0.1) is 0 Å². The second kappa shape index (κ2) is 10.4. The van der Waals surface area contributed by atoms with Gasteiger partial charge < -0.3 is 9.84 Å². The standard InChI is InChI=1S/C28H28F3NO5S/c1-4-25(27(33)34)37-26-12-10-23(13-17(26)2)38(35,36)32-15-18(3)24-11-7-20(14-21(24)16-32)19-5-8-22(9-6-19)28(29,30)31/h5-14,18,25H,4,15-16H2,1-3H3,(H,33,34). The summed E-state index contributed by atoms with van der Waals surface area (Å²) in [6.45, 7) is 5.66. The van der Waals surface area contributed by atoms with E-state index in [9.17, 15) is 31.5 Å². The van der Waals surface area contributed by atoms with Crippen molar-refractivity contribution in [1.82, 2.24) is 4.31 Å². The average molecular weight is 548 g/mol. The van der Waals surface area contributed by atoms with Crippen LogP contribution >= 0.6 is 0 Å². The maximum atomic E-state index is 13.6. The molecule has 6 nitrogen and oxygen atoms in total. The Balaban J connectivity index is 1.60. The summed E-state index contributed by atoms with van der Waals surface area (Å²) in [5.74, 6) is -0.892. The van der Waals surface area contributed by atoms with Crippen LogP contribution in [-0.4, -0.2) is 36.4 Å². The van der Waals surface area contributed by atoms with Crippen LogP contribution in [0.4, 0.5) is 13.2 Å². The normalized spacial score (nSPS) is 17.1. The third-order valence-electron chi connectivity index (χ3n) is 6.74. The van der Waals surface area contributed by atoms with Gasteiger partial charge >= 0.3 is 12.1 Å². The van der Waals surface area contributed by atoms with E-state index in [-0.39, 0.29) is 30.3 Å². The number of benzene rings is 3. The van der Waals surface area contributed by atoms with Gasteiger partial charge in [-0.05, 0) is 83.5 Å². The Labute approximate surface area is 219 Å². The number of sulfonamides is 1. The molecule has 0 radical (unpaired) electrons. The second-order valence-electron chi connectivity index (χ2n) is 9.47. The van der Waals surface area contributed by atoms with E-state index in [4.69, 9.17) is 4.74 Å². The molecule has 0 spiro atoms. The molecule has 10 heteroatoms.